The molecule has 0 saturated carbocycles. The lowest BCUT2D eigenvalue weighted by Gasteiger charge is -1.94. The van der Waals surface area contributed by atoms with Gasteiger partial charge in [-0.2, -0.15) is 0 Å². The van der Waals surface area contributed by atoms with E-state index in [2.05, 4.69) is 16.1 Å². The number of terminal acetylenes is 1. The predicted octanol–water partition coefficient (Wildman–Crippen LogP) is 2.49. The van der Waals surface area contributed by atoms with Crippen molar-refractivity contribution < 1.29 is 0 Å². The normalized spacial score (nSPS) is 9.71. The van der Waals surface area contributed by atoms with Crippen LogP contribution in [0.2, 0.25) is 0 Å². The molecule has 1 aromatic carbocycles. The summed E-state index contributed by atoms with van der Waals surface area (Å²) in [6.45, 7) is 1.94. The molecule has 0 radical (unpaired) electrons. The van der Waals surface area contributed by atoms with E-state index >= 15 is 0 Å². The summed E-state index contributed by atoms with van der Waals surface area (Å²) in [5, 5.41) is 9.93. The molecule has 1 aromatic heterocycles. The van der Waals surface area contributed by atoms with E-state index in [-0.39, 0.29) is 0 Å². The molecule has 0 aliphatic rings. The lowest BCUT2D eigenvalue weighted by Crippen LogP contribution is -1.78. The van der Waals surface area contributed by atoms with Crippen LogP contribution in [0.1, 0.15) is 10.6 Å². The van der Waals surface area contributed by atoms with Gasteiger partial charge in [0, 0.05) is 11.1 Å². The molecule has 2 nitrogen and oxygen atoms in total. The molecule has 2 aromatic rings. The highest BCUT2D eigenvalue weighted by Crippen LogP contribution is 2.22. The van der Waals surface area contributed by atoms with Gasteiger partial charge in [0.1, 0.15) is 10.0 Å². The zero-order chi connectivity index (χ0) is 9.97. The van der Waals surface area contributed by atoms with Crippen molar-refractivity contribution in [1.82, 2.24) is 10.2 Å². The minimum Gasteiger partial charge on any atom is -0.143 e. The summed E-state index contributed by atoms with van der Waals surface area (Å²) in [6, 6.07) is 7.75. The van der Waals surface area contributed by atoms with E-state index in [0.717, 1.165) is 21.1 Å². The summed E-state index contributed by atoms with van der Waals surface area (Å²) in [7, 11) is 0. The van der Waals surface area contributed by atoms with Crippen LogP contribution < -0.4 is 0 Å². The van der Waals surface area contributed by atoms with Crippen LogP contribution in [0, 0.1) is 19.3 Å². The lowest BCUT2D eigenvalue weighted by molar-refractivity contribution is 1.05. The Kier molecular flexibility index (Phi) is 2.30. The van der Waals surface area contributed by atoms with Crippen molar-refractivity contribution in [3.63, 3.8) is 0 Å². The monoisotopic (exact) mass is 200 g/mol. The van der Waals surface area contributed by atoms with Gasteiger partial charge in [0.15, 0.2) is 0 Å². The van der Waals surface area contributed by atoms with Gasteiger partial charge in [0.25, 0.3) is 0 Å². The van der Waals surface area contributed by atoms with Crippen LogP contribution in [0.25, 0.3) is 10.6 Å². The summed E-state index contributed by atoms with van der Waals surface area (Å²) in [4.78, 5) is 0. The smallest absolute Gasteiger partial charge is 0.143 e. The number of hydrogen-bond donors (Lipinski definition) is 0. The standard InChI is InChI=1S/C11H8N2S/c1-3-9-4-6-10(7-5-9)11-13-12-8(2)14-11/h1,4-7H,2H3. The highest BCUT2D eigenvalue weighted by molar-refractivity contribution is 7.14. The van der Waals surface area contributed by atoms with Gasteiger partial charge in [-0.3, -0.25) is 0 Å². The van der Waals surface area contributed by atoms with Gasteiger partial charge in [-0.15, -0.1) is 16.6 Å². The Morgan fingerprint density at radius 1 is 1.21 bits per heavy atom. The largest absolute Gasteiger partial charge is 0.147 e. The minimum atomic E-state index is 0.884. The topological polar surface area (TPSA) is 25.8 Å². The molecule has 14 heavy (non-hydrogen) atoms. The summed E-state index contributed by atoms with van der Waals surface area (Å²) < 4.78 is 0. The summed E-state index contributed by atoms with van der Waals surface area (Å²) >= 11 is 1.58. The van der Waals surface area contributed by atoms with Crippen LogP contribution in [-0.2, 0) is 0 Å². The number of benzene rings is 1. The highest BCUT2D eigenvalue weighted by Gasteiger charge is 2.02. The van der Waals surface area contributed by atoms with E-state index in [9.17, 15) is 0 Å². The van der Waals surface area contributed by atoms with E-state index in [1.54, 1.807) is 11.3 Å². The fraction of sp³-hybridized carbons (Fsp3) is 0.0909. The number of aryl methyl sites for hydroxylation is 1. The molecule has 0 spiro atoms. The van der Waals surface area contributed by atoms with Crippen molar-refractivity contribution in [2.24, 2.45) is 0 Å². The number of rotatable bonds is 1. The lowest BCUT2D eigenvalue weighted by atomic mass is 10.1. The van der Waals surface area contributed by atoms with Crippen molar-refractivity contribution in [2.45, 2.75) is 6.92 Å². The Balaban J connectivity index is 2.39. The first-order valence-corrected chi connectivity index (χ1v) is 4.98. The molecule has 0 bridgehead atoms. The fourth-order valence-corrected chi connectivity index (χ4v) is 1.82. The molecule has 0 N–H and O–H groups in total. The molecule has 0 aliphatic heterocycles. The second kappa shape index (κ2) is 3.60. The molecule has 0 saturated heterocycles. The number of aromatic nitrogens is 2. The molecular formula is C11H8N2S. The first-order chi connectivity index (χ1) is 6.79. The molecule has 0 fully saturated rings. The molecule has 0 atom stereocenters. The Bertz CT molecular complexity index is 477. The highest BCUT2D eigenvalue weighted by atomic mass is 32.1. The van der Waals surface area contributed by atoms with Gasteiger partial charge in [-0.05, 0) is 19.1 Å². The maximum atomic E-state index is 5.27. The maximum absolute atomic E-state index is 5.27. The third-order valence-electron chi connectivity index (χ3n) is 1.82. The number of hydrogen-bond acceptors (Lipinski definition) is 3. The van der Waals surface area contributed by atoms with Gasteiger partial charge >= 0.3 is 0 Å². The van der Waals surface area contributed by atoms with Crippen LogP contribution in [0.15, 0.2) is 24.3 Å². The van der Waals surface area contributed by atoms with Crippen molar-refractivity contribution in [3.05, 3.63) is 34.8 Å². The van der Waals surface area contributed by atoms with Crippen molar-refractivity contribution in [1.29, 1.82) is 0 Å². The quantitative estimate of drug-likeness (QED) is 0.661. The minimum absolute atomic E-state index is 0.884. The molecular weight excluding hydrogens is 192 g/mol. The Hall–Kier alpha value is -1.66. The summed E-state index contributed by atoms with van der Waals surface area (Å²) in [5.41, 5.74) is 1.95. The SMILES string of the molecule is C#Cc1ccc(-c2nnc(C)s2)cc1. The Morgan fingerprint density at radius 2 is 1.93 bits per heavy atom. The third-order valence-corrected chi connectivity index (χ3v) is 2.71. The maximum Gasteiger partial charge on any atom is 0.147 e. The summed E-state index contributed by atoms with van der Waals surface area (Å²) in [5.74, 6) is 2.58. The Morgan fingerprint density at radius 3 is 2.43 bits per heavy atom. The summed E-state index contributed by atoms with van der Waals surface area (Å²) in [6.07, 6.45) is 5.27. The van der Waals surface area contributed by atoms with Gasteiger partial charge in [0.2, 0.25) is 0 Å². The molecule has 2 rings (SSSR count). The molecule has 3 heteroatoms. The Labute approximate surface area is 86.6 Å². The van der Waals surface area contributed by atoms with Crippen molar-refractivity contribution >= 4 is 11.3 Å². The molecule has 0 aliphatic carbocycles. The zero-order valence-corrected chi connectivity index (χ0v) is 8.51. The van der Waals surface area contributed by atoms with Crippen molar-refractivity contribution in [3.8, 4) is 22.9 Å². The molecule has 1 heterocycles. The molecule has 0 unspecified atom stereocenters. The van der Waals surface area contributed by atoms with E-state index in [1.807, 2.05) is 31.2 Å². The third kappa shape index (κ3) is 1.66. The van der Waals surface area contributed by atoms with Crippen LogP contribution >= 0.6 is 11.3 Å². The van der Waals surface area contributed by atoms with Crippen LogP contribution in [0.4, 0.5) is 0 Å². The van der Waals surface area contributed by atoms with E-state index < -0.39 is 0 Å². The van der Waals surface area contributed by atoms with Gasteiger partial charge < -0.3 is 0 Å². The van der Waals surface area contributed by atoms with Gasteiger partial charge in [-0.25, -0.2) is 0 Å². The second-order valence-corrected chi connectivity index (χ2v) is 4.03. The molecule has 0 amide bonds. The van der Waals surface area contributed by atoms with Crippen LogP contribution in [0.5, 0.6) is 0 Å². The first kappa shape index (κ1) is 8.92. The first-order valence-electron chi connectivity index (χ1n) is 4.17. The van der Waals surface area contributed by atoms with Gasteiger partial charge in [0.05, 0.1) is 0 Å². The van der Waals surface area contributed by atoms with Crippen LogP contribution in [0.3, 0.4) is 0 Å². The fourth-order valence-electron chi connectivity index (χ4n) is 1.12. The zero-order valence-electron chi connectivity index (χ0n) is 7.69. The van der Waals surface area contributed by atoms with E-state index in [0.29, 0.717) is 0 Å². The predicted molar refractivity (Wildman–Crippen MR) is 58.0 cm³/mol. The molecule has 68 valence electrons. The van der Waals surface area contributed by atoms with Crippen molar-refractivity contribution in [2.75, 3.05) is 0 Å². The van der Waals surface area contributed by atoms with Crippen LogP contribution in [-0.4, -0.2) is 10.2 Å². The van der Waals surface area contributed by atoms with E-state index in [4.69, 9.17) is 6.42 Å². The average Bonchev–Trinajstić information content (AvgIpc) is 2.65. The number of nitrogens with zero attached hydrogens (tertiary/aromatic N) is 2. The average molecular weight is 200 g/mol. The van der Waals surface area contributed by atoms with E-state index in [1.165, 1.54) is 0 Å². The van der Waals surface area contributed by atoms with Gasteiger partial charge in [-0.1, -0.05) is 29.4 Å². The second-order valence-electron chi connectivity index (χ2n) is 2.85.